The Morgan fingerprint density at radius 1 is 1.05 bits per heavy atom. The second-order valence-electron chi connectivity index (χ2n) is 6.45. The highest BCUT2D eigenvalue weighted by atomic mass is 32.2. The van der Waals surface area contributed by atoms with Crippen LogP contribution in [0.15, 0.2) is 0 Å². The molecule has 2 saturated heterocycles. The van der Waals surface area contributed by atoms with Crippen LogP contribution in [0.3, 0.4) is 0 Å². The number of hydrogen-bond donors (Lipinski definition) is 2. The molecule has 1 saturated carbocycles. The van der Waals surface area contributed by atoms with Crippen LogP contribution in [0.1, 0.15) is 32.1 Å². The number of hydrogen-bond acceptors (Lipinski definition) is 4. The summed E-state index contributed by atoms with van der Waals surface area (Å²) in [5.74, 6) is 2.18. The number of carbonyl (C=O) groups excluding carboxylic acids is 2. The first-order valence-electron chi connectivity index (χ1n) is 8.13. The Hall–Kier alpha value is -0.750. The SMILES string of the molecule is O=C(NCC1CCN(C2CCSC2)CC1)C(=O)NC1CC1. The van der Waals surface area contributed by atoms with E-state index in [1.807, 2.05) is 0 Å². The van der Waals surface area contributed by atoms with Crippen LogP contribution >= 0.6 is 11.8 Å². The molecule has 0 radical (unpaired) electrons. The zero-order chi connectivity index (χ0) is 14.7. The number of piperidine rings is 1. The molecule has 0 spiro atoms. The largest absolute Gasteiger partial charge is 0.348 e. The van der Waals surface area contributed by atoms with Crippen molar-refractivity contribution in [2.45, 2.75) is 44.2 Å². The molecule has 21 heavy (non-hydrogen) atoms. The van der Waals surface area contributed by atoms with Crippen molar-refractivity contribution >= 4 is 23.6 Å². The topological polar surface area (TPSA) is 61.4 Å². The fraction of sp³-hybridized carbons (Fsp3) is 0.867. The summed E-state index contributed by atoms with van der Waals surface area (Å²) in [6, 6.07) is 1.02. The van der Waals surface area contributed by atoms with Gasteiger partial charge in [0.2, 0.25) is 0 Å². The van der Waals surface area contributed by atoms with Crippen LogP contribution in [0.4, 0.5) is 0 Å². The zero-order valence-electron chi connectivity index (χ0n) is 12.5. The number of likely N-dealkylation sites (tertiary alicyclic amines) is 1. The van der Waals surface area contributed by atoms with Gasteiger partial charge < -0.3 is 10.6 Å². The van der Waals surface area contributed by atoms with Crippen molar-refractivity contribution in [2.24, 2.45) is 5.92 Å². The summed E-state index contributed by atoms with van der Waals surface area (Å²) in [6.07, 6.45) is 5.61. The Labute approximate surface area is 130 Å². The lowest BCUT2D eigenvalue weighted by atomic mass is 9.95. The molecule has 2 amide bonds. The molecule has 2 N–H and O–H groups in total. The lowest BCUT2D eigenvalue weighted by molar-refractivity contribution is -0.139. The maximum Gasteiger partial charge on any atom is 0.309 e. The maximum atomic E-state index is 11.7. The molecule has 118 valence electrons. The molecule has 1 atom stereocenters. The number of rotatable bonds is 4. The van der Waals surface area contributed by atoms with E-state index in [1.165, 1.54) is 17.9 Å². The molecule has 3 rings (SSSR count). The lowest BCUT2D eigenvalue weighted by Gasteiger charge is -2.35. The van der Waals surface area contributed by atoms with Crippen molar-refractivity contribution in [3.8, 4) is 0 Å². The normalized spacial score (nSPS) is 27.5. The van der Waals surface area contributed by atoms with E-state index in [0.29, 0.717) is 12.5 Å². The number of carbonyl (C=O) groups is 2. The van der Waals surface area contributed by atoms with Crippen LogP contribution in [-0.2, 0) is 9.59 Å². The zero-order valence-corrected chi connectivity index (χ0v) is 13.3. The summed E-state index contributed by atoms with van der Waals surface area (Å²) >= 11 is 2.06. The van der Waals surface area contributed by atoms with E-state index in [9.17, 15) is 9.59 Å². The predicted molar refractivity (Wildman–Crippen MR) is 84.2 cm³/mol. The predicted octanol–water partition coefficient (Wildman–Crippen LogP) is 0.599. The van der Waals surface area contributed by atoms with Gasteiger partial charge in [-0.25, -0.2) is 0 Å². The molecule has 0 bridgehead atoms. The second-order valence-corrected chi connectivity index (χ2v) is 7.60. The Balaban J connectivity index is 1.33. The third-order valence-electron chi connectivity index (χ3n) is 4.74. The van der Waals surface area contributed by atoms with Gasteiger partial charge in [0.1, 0.15) is 0 Å². The smallest absolute Gasteiger partial charge is 0.309 e. The maximum absolute atomic E-state index is 11.7. The summed E-state index contributed by atoms with van der Waals surface area (Å²) in [7, 11) is 0. The molecular formula is C15H25N3O2S. The van der Waals surface area contributed by atoms with Gasteiger partial charge in [0, 0.05) is 24.4 Å². The Kier molecular flexibility index (Phi) is 5.06. The fourth-order valence-electron chi connectivity index (χ4n) is 3.13. The third-order valence-corrected chi connectivity index (χ3v) is 5.89. The summed E-state index contributed by atoms with van der Waals surface area (Å²) in [4.78, 5) is 25.9. The van der Waals surface area contributed by atoms with Gasteiger partial charge in [-0.15, -0.1) is 0 Å². The monoisotopic (exact) mass is 311 g/mol. The summed E-state index contributed by atoms with van der Waals surface area (Å²) < 4.78 is 0. The highest BCUT2D eigenvalue weighted by molar-refractivity contribution is 7.99. The number of nitrogens with one attached hydrogen (secondary N) is 2. The Morgan fingerprint density at radius 3 is 2.43 bits per heavy atom. The molecule has 2 heterocycles. The van der Waals surface area contributed by atoms with Crippen LogP contribution in [0.25, 0.3) is 0 Å². The standard InChI is InChI=1S/C15H25N3O2S/c19-14(15(20)17-12-1-2-12)16-9-11-3-6-18(7-4-11)13-5-8-21-10-13/h11-13H,1-10H2,(H,16,19)(H,17,20). The van der Waals surface area contributed by atoms with Crippen LogP contribution in [0.2, 0.25) is 0 Å². The van der Waals surface area contributed by atoms with Gasteiger partial charge in [-0.1, -0.05) is 0 Å². The van der Waals surface area contributed by atoms with Crippen LogP contribution in [0, 0.1) is 5.92 Å². The number of amides is 2. The average Bonchev–Trinajstić information content (AvgIpc) is 3.15. The third kappa shape index (κ3) is 4.36. The van der Waals surface area contributed by atoms with Crippen molar-refractivity contribution in [1.82, 2.24) is 15.5 Å². The Morgan fingerprint density at radius 2 is 1.81 bits per heavy atom. The number of nitrogens with zero attached hydrogens (tertiary/aromatic N) is 1. The van der Waals surface area contributed by atoms with Gasteiger partial charge >= 0.3 is 11.8 Å². The molecule has 1 unspecified atom stereocenters. The summed E-state index contributed by atoms with van der Waals surface area (Å²) in [6.45, 7) is 2.92. The van der Waals surface area contributed by atoms with Crippen molar-refractivity contribution in [3.63, 3.8) is 0 Å². The second kappa shape index (κ2) is 7.01. The van der Waals surface area contributed by atoms with Gasteiger partial charge in [0.05, 0.1) is 0 Å². The first-order chi connectivity index (χ1) is 10.2. The highest BCUT2D eigenvalue weighted by Crippen LogP contribution is 2.26. The van der Waals surface area contributed by atoms with Gasteiger partial charge in [-0.2, -0.15) is 11.8 Å². The molecular weight excluding hydrogens is 286 g/mol. The molecule has 0 aromatic carbocycles. The van der Waals surface area contributed by atoms with Crippen LogP contribution < -0.4 is 10.6 Å². The fourth-order valence-corrected chi connectivity index (χ4v) is 4.38. The summed E-state index contributed by atoms with van der Waals surface area (Å²) in [5, 5.41) is 5.52. The molecule has 3 fully saturated rings. The lowest BCUT2D eigenvalue weighted by Crippen LogP contribution is -2.46. The highest BCUT2D eigenvalue weighted by Gasteiger charge is 2.29. The molecule has 0 aromatic heterocycles. The molecule has 5 nitrogen and oxygen atoms in total. The van der Waals surface area contributed by atoms with E-state index in [2.05, 4.69) is 27.3 Å². The van der Waals surface area contributed by atoms with Gasteiger partial charge in [0.15, 0.2) is 0 Å². The van der Waals surface area contributed by atoms with Crippen molar-refractivity contribution in [3.05, 3.63) is 0 Å². The molecule has 6 heteroatoms. The quantitative estimate of drug-likeness (QED) is 0.747. The minimum atomic E-state index is -0.462. The van der Waals surface area contributed by atoms with Gasteiger partial charge in [0.25, 0.3) is 0 Å². The van der Waals surface area contributed by atoms with Crippen molar-refractivity contribution in [1.29, 1.82) is 0 Å². The van der Waals surface area contributed by atoms with E-state index >= 15 is 0 Å². The van der Waals surface area contributed by atoms with Crippen LogP contribution in [0.5, 0.6) is 0 Å². The van der Waals surface area contributed by atoms with Crippen molar-refractivity contribution in [2.75, 3.05) is 31.1 Å². The van der Waals surface area contributed by atoms with Crippen LogP contribution in [-0.4, -0.2) is 59.9 Å². The Bertz CT molecular complexity index is 386. The van der Waals surface area contributed by atoms with E-state index in [4.69, 9.17) is 0 Å². The van der Waals surface area contributed by atoms with Gasteiger partial charge in [-0.05, 0) is 56.9 Å². The molecule has 0 aromatic rings. The minimum Gasteiger partial charge on any atom is -0.348 e. The van der Waals surface area contributed by atoms with Gasteiger partial charge in [-0.3, -0.25) is 14.5 Å². The van der Waals surface area contributed by atoms with Crippen molar-refractivity contribution < 1.29 is 9.59 Å². The molecule has 3 aliphatic rings. The first-order valence-corrected chi connectivity index (χ1v) is 9.28. The molecule has 2 aliphatic heterocycles. The van der Waals surface area contributed by atoms with E-state index in [0.717, 1.165) is 44.8 Å². The summed E-state index contributed by atoms with van der Waals surface area (Å²) in [5.41, 5.74) is 0. The average molecular weight is 311 g/mol. The minimum absolute atomic E-state index is 0.246. The molecule has 1 aliphatic carbocycles. The van der Waals surface area contributed by atoms with E-state index in [-0.39, 0.29) is 6.04 Å². The first kappa shape index (κ1) is 15.2. The van der Waals surface area contributed by atoms with E-state index in [1.54, 1.807) is 0 Å². The van der Waals surface area contributed by atoms with E-state index < -0.39 is 11.8 Å². The number of thioether (sulfide) groups is 1.